The Balaban J connectivity index is 1.91. The third-order valence-electron chi connectivity index (χ3n) is 5.34. The van der Waals surface area contributed by atoms with Crippen molar-refractivity contribution in [2.45, 2.75) is 70.3 Å². The average molecular weight is 385 g/mol. The second-order valence-electron chi connectivity index (χ2n) is 7.57. The second kappa shape index (κ2) is 11.6. The van der Waals surface area contributed by atoms with Gasteiger partial charge in [0.05, 0.1) is 12.0 Å². The van der Waals surface area contributed by atoms with Gasteiger partial charge in [-0.1, -0.05) is 68.7 Å². The lowest BCUT2D eigenvalue weighted by atomic mass is 9.85. The van der Waals surface area contributed by atoms with Gasteiger partial charge in [-0.15, -0.1) is 0 Å². The number of carboxylic acid groups (broad SMARTS) is 1. The molecular formula is C24H32O4. The van der Waals surface area contributed by atoms with E-state index in [1.807, 2.05) is 42.5 Å². The number of aliphatic hydroxyl groups is 1. The zero-order chi connectivity index (χ0) is 20.4. The summed E-state index contributed by atoms with van der Waals surface area (Å²) in [4.78, 5) is 22.9. The van der Waals surface area contributed by atoms with E-state index in [0.29, 0.717) is 6.42 Å². The predicted molar refractivity (Wildman–Crippen MR) is 111 cm³/mol. The molecular weight excluding hydrogens is 352 g/mol. The molecule has 0 spiro atoms. The van der Waals surface area contributed by atoms with Crippen LogP contribution in [-0.2, 0) is 9.59 Å². The van der Waals surface area contributed by atoms with Crippen LogP contribution >= 0.6 is 0 Å². The van der Waals surface area contributed by atoms with Crippen LogP contribution in [0.4, 0.5) is 0 Å². The maximum Gasteiger partial charge on any atom is 0.303 e. The van der Waals surface area contributed by atoms with Crippen LogP contribution in [0.15, 0.2) is 48.6 Å². The zero-order valence-electron chi connectivity index (χ0n) is 16.7. The Hall–Kier alpha value is -2.20. The molecule has 0 saturated carbocycles. The van der Waals surface area contributed by atoms with Crippen LogP contribution in [0.1, 0.15) is 81.4 Å². The van der Waals surface area contributed by atoms with Crippen molar-refractivity contribution in [2.24, 2.45) is 5.92 Å². The lowest BCUT2D eigenvalue weighted by Crippen LogP contribution is -2.13. The van der Waals surface area contributed by atoms with Crippen molar-refractivity contribution in [2.75, 3.05) is 0 Å². The summed E-state index contributed by atoms with van der Waals surface area (Å²) in [7, 11) is 0. The standard InChI is InChI=1S/C24H32O4/c1-2-3-6-10-21(25)18-12-14-20(15-13-18)24-19(16-17-22(24)26)9-7-4-5-8-11-23(27)28/h4,7,12-17,19,21,24-25H,2-3,5-6,8-11H2,1H3,(H,27,28)/b7-4-/t19?,21-,24-/m0/s1. The molecule has 0 aromatic heterocycles. The smallest absolute Gasteiger partial charge is 0.303 e. The molecule has 1 aliphatic carbocycles. The van der Waals surface area contributed by atoms with Crippen LogP contribution in [0, 0.1) is 5.92 Å². The van der Waals surface area contributed by atoms with E-state index in [2.05, 4.69) is 6.92 Å². The molecule has 3 atom stereocenters. The van der Waals surface area contributed by atoms with Crippen LogP contribution < -0.4 is 0 Å². The highest BCUT2D eigenvalue weighted by Crippen LogP contribution is 2.35. The van der Waals surface area contributed by atoms with Gasteiger partial charge >= 0.3 is 5.97 Å². The van der Waals surface area contributed by atoms with Crippen molar-refractivity contribution in [3.63, 3.8) is 0 Å². The van der Waals surface area contributed by atoms with E-state index in [-0.39, 0.29) is 24.0 Å². The van der Waals surface area contributed by atoms with Gasteiger partial charge in [0.15, 0.2) is 5.78 Å². The summed E-state index contributed by atoms with van der Waals surface area (Å²) in [5.74, 6) is -0.684. The van der Waals surface area contributed by atoms with Crippen LogP contribution in [0.5, 0.6) is 0 Å². The first-order chi connectivity index (χ1) is 13.5. The Kier molecular flexibility index (Phi) is 9.15. The van der Waals surface area contributed by atoms with E-state index < -0.39 is 12.1 Å². The molecule has 2 rings (SSSR count). The summed E-state index contributed by atoms with van der Waals surface area (Å²) in [6, 6.07) is 7.82. The number of aliphatic carboxylic acids is 1. The molecule has 1 unspecified atom stereocenters. The minimum Gasteiger partial charge on any atom is -0.481 e. The van der Waals surface area contributed by atoms with Gasteiger partial charge in [0, 0.05) is 6.42 Å². The van der Waals surface area contributed by atoms with Gasteiger partial charge in [-0.25, -0.2) is 0 Å². The van der Waals surface area contributed by atoms with E-state index in [1.165, 1.54) is 0 Å². The van der Waals surface area contributed by atoms with E-state index in [9.17, 15) is 14.7 Å². The third-order valence-corrected chi connectivity index (χ3v) is 5.34. The van der Waals surface area contributed by atoms with Gasteiger partial charge in [-0.2, -0.15) is 0 Å². The van der Waals surface area contributed by atoms with Crippen molar-refractivity contribution >= 4 is 11.8 Å². The average Bonchev–Trinajstić information content (AvgIpc) is 3.05. The predicted octanol–water partition coefficient (Wildman–Crippen LogP) is 5.34. The lowest BCUT2D eigenvalue weighted by Gasteiger charge is -2.18. The molecule has 1 aromatic rings. The van der Waals surface area contributed by atoms with Crippen molar-refractivity contribution < 1.29 is 19.8 Å². The Labute approximate surface area is 168 Å². The number of hydrogen-bond donors (Lipinski definition) is 2. The van der Waals surface area contributed by atoms with Crippen molar-refractivity contribution in [3.05, 3.63) is 59.7 Å². The minimum atomic E-state index is -0.767. The number of rotatable bonds is 12. The van der Waals surface area contributed by atoms with Gasteiger partial charge < -0.3 is 10.2 Å². The summed E-state index contributed by atoms with van der Waals surface area (Å²) in [6.45, 7) is 2.15. The van der Waals surface area contributed by atoms with E-state index >= 15 is 0 Å². The minimum absolute atomic E-state index is 0.125. The summed E-state index contributed by atoms with van der Waals surface area (Å²) >= 11 is 0. The fourth-order valence-electron chi connectivity index (χ4n) is 3.69. The van der Waals surface area contributed by atoms with Gasteiger partial charge in [-0.05, 0) is 48.8 Å². The molecule has 1 aromatic carbocycles. The molecule has 0 heterocycles. The summed E-state index contributed by atoms with van der Waals surface area (Å²) in [5.41, 5.74) is 1.90. The van der Waals surface area contributed by atoms with Gasteiger partial charge in [0.2, 0.25) is 0 Å². The Bertz CT molecular complexity index is 687. The molecule has 0 aliphatic heterocycles. The Morgan fingerprint density at radius 3 is 2.57 bits per heavy atom. The molecule has 0 fully saturated rings. The summed E-state index contributed by atoms with van der Waals surface area (Å²) in [5, 5.41) is 19.0. The van der Waals surface area contributed by atoms with Crippen LogP contribution in [0.25, 0.3) is 0 Å². The molecule has 28 heavy (non-hydrogen) atoms. The maximum absolute atomic E-state index is 12.4. The first-order valence-corrected chi connectivity index (χ1v) is 10.4. The quantitative estimate of drug-likeness (QED) is 0.377. The van der Waals surface area contributed by atoms with Gasteiger partial charge in [0.1, 0.15) is 0 Å². The van der Waals surface area contributed by atoms with Crippen LogP contribution in [0.3, 0.4) is 0 Å². The zero-order valence-corrected chi connectivity index (χ0v) is 16.7. The summed E-state index contributed by atoms with van der Waals surface area (Å²) < 4.78 is 0. The molecule has 0 radical (unpaired) electrons. The number of aliphatic hydroxyl groups excluding tert-OH is 1. The van der Waals surface area contributed by atoms with E-state index in [1.54, 1.807) is 6.08 Å². The second-order valence-corrected chi connectivity index (χ2v) is 7.57. The number of benzene rings is 1. The third kappa shape index (κ3) is 6.75. The SMILES string of the molecule is CCCCC[C@H](O)c1ccc([C@H]2C(=O)C=CC2C/C=C\CCCC(=O)O)cc1. The van der Waals surface area contributed by atoms with Gasteiger partial charge in [-0.3, -0.25) is 9.59 Å². The highest BCUT2D eigenvalue weighted by molar-refractivity contribution is 5.98. The molecule has 0 amide bonds. The van der Waals surface area contributed by atoms with Crippen molar-refractivity contribution in [3.8, 4) is 0 Å². The molecule has 2 N–H and O–H groups in total. The number of hydrogen-bond acceptors (Lipinski definition) is 3. The number of carbonyl (C=O) groups is 2. The maximum atomic E-state index is 12.4. The van der Waals surface area contributed by atoms with Crippen LogP contribution in [-0.4, -0.2) is 22.0 Å². The van der Waals surface area contributed by atoms with Crippen molar-refractivity contribution in [1.82, 2.24) is 0 Å². The molecule has 0 saturated heterocycles. The highest BCUT2D eigenvalue weighted by Gasteiger charge is 2.30. The monoisotopic (exact) mass is 384 g/mol. The normalized spacial score (nSPS) is 20.1. The van der Waals surface area contributed by atoms with E-state index in [0.717, 1.165) is 49.7 Å². The largest absolute Gasteiger partial charge is 0.481 e. The molecule has 0 bridgehead atoms. The molecule has 1 aliphatic rings. The number of carbonyl (C=O) groups excluding carboxylic acids is 1. The number of carboxylic acids is 1. The number of unbranched alkanes of at least 4 members (excludes halogenated alkanes) is 3. The Morgan fingerprint density at radius 1 is 1.14 bits per heavy atom. The topological polar surface area (TPSA) is 74.6 Å². The fourth-order valence-corrected chi connectivity index (χ4v) is 3.69. The molecule has 4 heteroatoms. The first kappa shape index (κ1) is 22.1. The summed E-state index contributed by atoms with van der Waals surface area (Å²) in [6.07, 6.45) is 13.6. The van der Waals surface area contributed by atoms with Gasteiger partial charge in [0.25, 0.3) is 0 Å². The van der Waals surface area contributed by atoms with Crippen molar-refractivity contribution in [1.29, 1.82) is 0 Å². The number of allylic oxidation sites excluding steroid dienone is 4. The van der Waals surface area contributed by atoms with Crippen LogP contribution in [0.2, 0.25) is 0 Å². The first-order valence-electron chi connectivity index (χ1n) is 10.4. The Morgan fingerprint density at radius 2 is 1.89 bits per heavy atom. The lowest BCUT2D eigenvalue weighted by molar-refractivity contribution is -0.137. The van der Waals surface area contributed by atoms with E-state index in [4.69, 9.17) is 5.11 Å². The fraction of sp³-hybridized carbons (Fsp3) is 0.500. The molecule has 4 nitrogen and oxygen atoms in total. The molecule has 152 valence electrons. The highest BCUT2D eigenvalue weighted by atomic mass is 16.4. The number of ketones is 1.